The number of benzene rings is 1. The van der Waals surface area contributed by atoms with E-state index in [-0.39, 0.29) is 11.5 Å². The van der Waals surface area contributed by atoms with Crippen molar-refractivity contribution in [3.8, 4) is 5.69 Å². The van der Waals surface area contributed by atoms with E-state index < -0.39 is 0 Å². The molecule has 1 aromatic carbocycles. The zero-order chi connectivity index (χ0) is 15.2. The molecule has 1 unspecified atom stereocenters. The summed E-state index contributed by atoms with van der Waals surface area (Å²) in [6.45, 7) is 4.46. The van der Waals surface area contributed by atoms with Crippen LogP contribution in [-0.2, 0) is 6.42 Å². The first-order chi connectivity index (χ1) is 9.87. The summed E-state index contributed by atoms with van der Waals surface area (Å²) in [5.74, 6) is 0. The summed E-state index contributed by atoms with van der Waals surface area (Å²) < 4.78 is 2.23. The largest absolute Gasteiger partial charge is 0.388 e. The van der Waals surface area contributed by atoms with Gasteiger partial charge in [0.05, 0.1) is 6.10 Å². The highest BCUT2D eigenvalue weighted by molar-refractivity contribution is 5.53. The van der Waals surface area contributed by atoms with Crippen LogP contribution >= 0.6 is 0 Å². The lowest BCUT2D eigenvalue weighted by Gasteiger charge is -2.34. The molecule has 1 aliphatic carbocycles. The predicted molar refractivity (Wildman–Crippen MR) is 87.2 cm³/mol. The van der Waals surface area contributed by atoms with E-state index in [9.17, 15) is 5.11 Å². The first-order valence-corrected chi connectivity index (χ1v) is 7.53. The zero-order valence-corrected chi connectivity index (χ0v) is 13.3. The third-order valence-electron chi connectivity index (χ3n) is 4.40. The van der Waals surface area contributed by atoms with Crippen molar-refractivity contribution in [3.05, 3.63) is 47.8 Å². The molecule has 1 aliphatic rings. The highest BCUT2D eigenvalue weighted by Crippen LogP contribution is 2.41. The molecular weight excluding hydrogens is 260 g/mol. The minimum absolute atomic E-state index is 0.141. The molecule has 0 amide bonds. The maximum Gasteiger partial charge on any atom is 0.0812 e. The molecule has 3 heteroatoms. The number of aliphatic hydroxyl groups excluding tert-OH is 1. The van der Waals surface area contributed by atoms with Crippen LogP contribution in [0, 0.1) is 5.41 Å². The molecule has 112 valence electrons. The quantitative estimate of drug-likeness (QED) is 0.913. The fraction of sp³-hybridized carbons (Fsp3) is 0.444. The molecule has 1 atom stereocenters. The summed E-state index contributed by atoms with van der Waals surface area (Å²) in [5, 5.41) is 10.4. The van der Waals surface area contributed by atoms with Gasteiger partial charge in [0.15, 0.2) is 0 Å². The lowest BCUT2D eigenvalue weighted by molar-refractivity contribution is 0.0987. The van der Waals surface area contributed by atoms with Crippen LogP contribution in [0.2, 0.25) is 0 Å². The molecule has 1 heterocycles. The first-order valence-electron chi connectivity index (χ1n) is 7.53. The van der Waals surface area contributed by atoms with Crippen molar-refractivity contribution in [1.82, 2.24) is 4.57 Å². The smallest absolute Gasteiger partial charge is 0.0812 e. The number of aromatic nitrogens is 1. The van der Waals surface area contributed by atoms with Gasteiger partial charge in [-0.3, -0.25) is 0 Å². The van der Waals surface area contributed by atoms with E-state index in [1.54, 1.807) is 0 Å². The van der Waals surface area contributed by atoms with Crippen molar-refractivity contribution < 1.29 is 5.11 Å². The van der Waals surface area contributed by atoms with Crippen molar-refractivity contribution in [2.24, 2.45) is 5.41 Å². The standard InChI is InChI=1S/C18H24N2O/c1-18(2)11-16-15(17(21)12-18)8-9-20(16)14-7-5-6-13(10-14)19(3)4/h5-10,17,21H,11-12H2,1-4H3. The van der Waals surface area contributed by atoms with Crippen LogP contribution in [0.4, 0.5) is 5.69 Å². The highest BCUT2D eigenvalue weighted by atomic mass is 16.3. The van der Waals surface area contributed by atoms with E-state index in [0.29, 0.717) is 0 Å². The van der Waals surface area contributed by atoms with E-state index in [4.69, 9.17) is 0 Å². The number of anilines is 1. The Labute approximate surface area is 126 Å². The summed E-state index contributed by atoms with van der Waals surface area (Å²) in [4.78, 5) is 2.11. The number of fused-ring (bicyclic) bond motifs is 1. The van der Waals surface area contributed by atoms with Gasteiger partial charge in [-0.1, -0.05) is 19.9 Å². The maximum absolute atomic E-state index is 10.4. The van der Waals surface area contributed by atoms with E-state index in [0.717, 1.165) is 24.1 Å². The van der Waals surface area contributed by atoms with Gasteiger partial charge in [-0.2, -0.15) is 0 Å². The second kappa shape index (κ2) is 4.92. The van der Waals surface area contributed by atoms with Crippen LogP contribution in [-0.4, -0.2) is 23.8 Å². The minimum Gasteiger partial charge on any atom is -0.388 e. The fourth-order valence-corrected chi connectivity index (χ4v) is 3.29. The maximum atomic E-state index is 10.4. The Bertz CT molecular complexity index is 655. The summed E-state index contributed by atoms with van der Waals surface area (Å²) in [6, 6.07) is 10.6. The SMILES string of the molecule is CN(C)c1cccc(-n2ccc3c2CC(C)(C)CC3O)c1. The molecule has 1 N–H and O–H groups in total. The molecule has 1 aromatic heterocycles. The Morgan fingerprint density at radius 2 is 2.00 bits per heavy atom. The highest BCUT2D eigenvalue weighted by Gasteiger charge is 2.33. The molecule has 0 saturated heterocycles. The van der Waals surface area contributed by atoms with Crippen molar-refractivity contribution in [1.29, 1.82) is 0 Å². The van der Waals surface area contributed by atoms with Crippen LogP contribution in [0.5, 0.6) is 0 Å². The van der Waals surface area contributed by atoms with E-state index in [1.807, 2.05) is 0 Å². The number of nitrogens with zero attached hydrogens (tertiary/aromatic N) is 2. The Morgan fingerprint density at radius 1 is 1.24 bits per heavy atom. The summed E-state index contributed by atoms with van der Waals surface area (Å²) in [6.07, 6.45) is 3.58. The molecule has 3 nitrogen and oxygen atoms in total. The van der Waals surface area contributed by atoms with Gasteiger partial charge in [0.2, 0.25) is 0 Å². The Hall–Kier alpha value is -1.74. The third kappa shape index (κ3) is 2.58. The number of aliphatic hydroxyl groups is 1. The molecular formula is C18H24N2O. The van der Waals surface area contributed by atoms with Gasteiger partial charge in [-0.25, -0.2) is 0 Å². The Morgan fingerprint density at radius 3 is 2.71 bits per heavy atom. The van der Waals surface area contributed by atoms with Gasteiger partial charge in [0.25, 0.3) is 0 Å². The first kappa shape index (κ1) is 14.2. The van der Waals surface area contributed by atoms with Crippen LogP contribution < -0.4 is 4.90 Å². The molecule has 0 radical (unpaired) electrons. The van der Waals surface area contributed by atoms with Crippen LogP contribution in [0.15, 0.2) is 36.5 Å². The normalized spacial score (nSPS) is 20.1. The number of hydrogen-bond donors (Lipinski definition) is 1. The molecule has 3 rings (SSSR count). The number of hydrogen-bond acceptors (Lipinski definition) is 2. The predicted octanol–water partition coefficient (Wildman–Crippen LogP) is 3.55. The van der Waals surface area contributed by atoms with Crippen molar-refractivity contribution in [3.63, 3.8) is 0 Å². The van der Waals surface area contributed by atoms with Crippen LogP contribution in [0.3, 0.4) is 0 Å². The van der Waals surface area contributed by atoms with Crippen LogP contribution in [0.1, 0.15) is 37.6 Å². The number of rotatable bonds is 2. The van der Waals surface area contributed by atoms with E-state index in [2.05, 4.69) is 73.9 Å². The second-order valence-corrected chi connectivity index (χ2v) is 7.06. The third-order valence-corrected chi connectivity index (χ3v) is 4.40. The Kier molecular flexibility index (Phi) is 3.33. The van der Waals surface area contributed by atoms with Crippen molar-refractivity contribution in [2.75, 3.05) is 19.0 Å². The molecule has 0 fully saturated rings. The molecule has 0 saturated carbocycles. The molecule has 2 aromatic rings. The summed E-state index contributed by atoms with van der Waals surface area (Å²) >= 11 is 0. The average Bonchev–Trinajstić information content (AvgIpc) is 2.81. The lowest BCUT2D eigenvalue weighted by Crippen LogP contribution is -2.26. The molecule has 0 aliphatic heterocycles. The van der Waals surface area contributed by atoms with Gasteiger partial charge in [0.1, 0.15) is 0 Å². The van der Waals surface area contributed by atoms with Gasteiger partial charge >= 0.3 is 0 Å². The lowest BCUT2D eigenvalue weighted by atomic mass is 9.75. The van der Waals surface area contributed by atoms with Gasteiger partial charge in [0, 0.05) is 42.9 Å². The van der Waals surface area contributed by atoms with Gasteiger partial charge in [-0.15, -0.1) is 0 Å². The minimum atomic E-state index is -0.345. The zero-order valence-electron chi connectivity index (χ0n) is 13.3. The second-order valence-electron chi connectivity index (χ2n) is 7.06. The average molecular weight is 284 g/mol. The van der Waals surface area contributed by atoms with Gasteiger partial charge in [-0.05, 0) is 42.5 Å². The van der Waals surface area contributed by atoms with E-state index >= 15 is 0 Å². The van der Waals surface area contributed by atoms with Crippen LogP contribution in [0.25, 0.3) is 5.69 Å². The van der Waals surface area contributed by atoms with Gasteiger partial charge < -0.3 is 14.6 Å². The summed E-state index contributed by atoms with van der Waals surface area (Å²) in [5.41, 5.74) is 4.82. The monoisotopic (exact) mass is 284 g/mol. The Balaban J connectivity index is 2.07. The molecule has 0 spiro atoms. The summed E-state index contributed by atoms with van der Waals surface area (Å²) in [7, 11) is 4.11. The van der Waals surface area contributed by atoms with Crippen molar-refractivity contribution >= 4 is 5.69 Å². The fourth-order valence-electron chi connectivity index (χ4n) is 3.29. The molecule has 0 bridgehead atoms. The topological polar surface area (TPSA) is 28.4 Å². The molecule has 21 heavy (non-hydrogen) atoms. The van der Waals surface area contributed by atoms with Crippen molar-refractivity contribution in [2.45, 2.75) is 32.8 Å². The van der Waals surface area contributed by atoms with E-state index in [1.165, 1.54) is 11.4 Å².